The largest absolute Gasteiger partial charge is 0.495 e. The van der Waals surface area contributed by atoms with Gasteiger partial charge in [-0.2, -0.15) is 0 Å². The van der Waals surface area contributed by atoms with Crippen LogP contribution in [-0.2, 0) is 14.0 Å². The second kappa shape index (κ2) is 6.87. The molecule has 1 unspecified atom stereocenters. The van der Waals surface area contributed by atoms with Crippen LogP contribution < -0.4 is 5.46 Å². The van der Waals surface area contributed by atoms with Crippen LogP contribution in [0.1, 0.15) is 45.0 Å². The summed E-state index contributed by atoms with van der Waals surface area (Å²) in [5, 5.41) is 2.06. The first kappa shape index (κ1) is 19.4. The lowest BCUT2D eigenvalue weighted by Gasteiger charge is -2.32. The Kier molecular flexibility index (Phi) is 4.77. The predicted molar refractivity (Wildman–Crippen MR) is 111 cm³/mol. The smallest absolute Gasteiger partial charge is 0.399 e. The third kappa shape index (κ3) is 3.34. The fourth-order valence-corrected chi connectivity index (χ4v) is 3.80. The average Bonchev–Trinajstić information content (AvgIpc) is 2.87. The second-order valence-electron chi connectivity index (χ2n) is 8.80. The number of carbonyl (C=O) groups excluding carboxylic acids is 1. The predicted octanol–water partition coefficient (Wildman–Crippen LogP) is 3.00. The fourth-order valence-electron chi connectivity index (χ4n) is 3.80. The summed E-state index contributed by atoms with van der Waals surface area (Å²) in [4.78, 5) is 14.8. The zero-order chi connectivity index (χ0) is 20.1. The molecular weight excluding hydrogens is 353 g/mol. The Morgan fingerprint density at radius 3 is 2.50 bits per heavy atom. The number of carbonyl (C=O) groups is 1. The molecule has 1 amide bonds. The molecule has 0 aliphatic carbocycles. The Morgan fingerprint density at radius 2 is 1.82 bits per heavy atom. The van der Waals surface area contributed by atoms with Crippen molar-refractivity contribution in [2.24, 2.45) is 0 Å². The molecule has 1 atom stereocenters. The summed E-state index contributed by atoms with van der Waals surface area (Å²) < 4.78 is 18.0. The number of hydrogen-bond acceptors (Lipinski definition) is 4. The number of morpholine rings is 1. The zero-order valence-corrected chi connectivity index (χ0v) is 17.3. The van der Waals surface area contributed by atoms with Crippen molar-refractivity contribution < 1.29 is 18.8 Å². The van der Waals surface area contributed by atoms with E-state index in [0.29, 0.717) is 25.3 Å². The van der Waals surface area contributed by atoms with Crippen LogP contribution >= 0.6 is 0 Å². The van der Waals surface area contributed by atoms with Gasteiger partial charge in [-0.05, 0) is 63.0 Å². The van der Waals surface area contributed by atoms with E-state index in [1.165, 1.54) is 0 Å². The average molecular weight is 381 g/mol. The van der Waals surface area contributed by atoms with Gasteiger partial charge in [0.2, 0.25) is 0 Å². The van der Waals surface area contributed by atoms with Crippen molar-refractivity contribution in [3.8, 4) is 0 Å². The maximum Gasteiger partial charge on any atom is 0.495 e. The molecule has 0 radical (unpaired) electrons. The molecule has 2 aromatic carbocycles. The lowest BCUT2D eigenvalue weighted by atomic mass is 9.76. The van der Waals surface area contributed by atoms with Crippen molar-refractivity contribution >= 4 is 29.3 Å². The van der Waals surface area contributed by atoms with Crippen LogP contribution in [0.3, 0.4) is 0 Å². The van der Waals surface area contributed by atoms with E-state index in [2.05, 4.69) is 27.7 Å². The SMILES string of the molecule is CC1CN(C(=O)c2ccc3c(B4OC(C)(C)C(C)(C)O4)cccc3c2)CCO1. The second-order valence-corrected chi connectivity index (χ2v) is 8.80. The Labute approximate surface area is 167 Å². The van der Waals surface area contributed by atoms with Crippen LogP contribution in [0.4, 0.5) is 0 Å². The molecule has 4 rings (SSSR count). The molecule has 0 bridgehead atoms. The molecule has 2 saturated heterocycles. The molecule has 28 heavy (non-hydrogen) atoms. The van der Waals surface area contributed by atoms with Crippen LogP contribution in [0.5, 0.6) is 0 Å². The normalized spacial score (nSPS) is 24.0. The molecular formula is C22H28BNO4. The highest BCUT2D eigenvalue weighted by atomic mass is 16.7. The van der Waals surface area contributed by atoms with Gasteiger partial charge in [-0.15, -0.1) is 0 Å². The molecule has 2 aliphatic heterocycles. The number of amides is 1. The minimum absolute atomic E-state index is 0.0538. The van der Waals surface area contributed by atoms with E-state index in [1.54, 1.807) is 0 Å². The Bertz CT molecular complexity index is 895. The molecule has 148 valence electrons. The van der Waals surface area contributed by atoms with E-state index in [9.17, 15) is 4.79 Å². The van der Waals surface area contributed by atoms with Crippen LogP contribution in [-0.4, -0.2) is 54.9 Å². The van der Waals surface area contributed by atoms with Crippen molar-refractivity contribution in [1.82, 2.24) is 4.90 Å². The first-order valence-corrected chi connectivity index (χ1v) is 9.97. The minimum atomic E-state index is -0.421. The minimum Gasteiger partial charge on any atom is -0.399 e. The van der Waals surface area contributed by atoms with Gasteiger partial charge in [-0.25, -0.2) is 0 Å². The van der Waals surface area contributed by atoms with Crippen molar-refractivity contribution in [1.29, 1.82) is 0 Å². The highest BCUT2D eigenvalue weighted by molar-refractivity contribution is 6.65. The van der Waals surface area contributed by atoms with Crippen molar-refractivity contribution in [3.05, 3.63) is 42.0 Å². The van der Waals surface area contributed by atoms with Crippen molar-refractivity contribution in [3.63, 3.8) is 0 Å². The molecule has 2 heterocycles. The Hall–Kier alpha value is -1.89. The van der Waals surface area contributed by atoms with E-state index in [1.807, 2.05) is 48.2 Å². The van der Waals surface area contributed by atoms with E-state index >= 15 is 0 Å². The molecule has 0 spiro atoms. The topological polar surface area (TPSA) is 48.0 Å². The molecule has 5 nitrogen and oxygen atoms in total. The number of fused-ring (bicyclic) bond motifs is 1. The summed E-state index contributed by atoms with van der Waals surface area (Å²) >= 11 is 0. The zero-order valence-electron chi connectivity index (χ0n) is 17.3. The fraction of sp³-hybridized carbons (Fsp3) is 0.500. The molecule has 0 N–H and O–H groups in total. The van der Waals surface area contributed by atoms with E-state index in [4.69, 9.17) is 14.0 Å². The van der Waals surface area contributed by atoms with Gasteiger partial charge in [0, 0.05) is 18.7 Å². The lowest BCUT2D eigenvalue weighted by molar-refractivity contribution is -0.0124. The highest BCUT2D eigenvalue weighted by Gasteiger charge is 2.52. The van der Waals surface area contributed by atoms with Crippen LogP contribution in [0.2, 0.25) is 0 Å². The summed E-state index contributed by atoms with van der Waals surface area (Å²) in [5.74, 6) is 0.0538. The van der Waals surface area contributed by atoms with Gasteiger partial charge in [0.25, 0.3) is 5.91 Å². The van der Waals surface area contributed by atoms with Gasteiger partial charge in [0.05, 0.1) is 23.9 Å². The molecule has 2 fully saturated rings. The monoisotopic (exact) mass is 381 g/mol. The maximum atomic E-state index is 12.9. The maximum absolute atomic E-state index is 12.9. The van der Waals surface area contributed by atoms with Crippen LogP contribution in [0, 0.1) is 0 Å². The number of benzene rings is 2. The number of ether oxygens (including phenoxy) is 1. The summed E-state index contributed by atoms with van der Waals surface area (Å²) in [6.07, 6.45) is 0.0770. The van der Waals surface area contributed by atoms with E-state index in [-0.39, 0.29) is 23.2 Å². The standard InChI is InChI=1S/C22H28BNO4/c1-15-14-24(11-12-26-15)20(25)17-9-10-18-16(13-17)7-6-8-19(18)23-27-21(2,3)22(4,5)28-23/h6-10,13,15H,11-12,14H2,1-5H3. The molecule has 2 aromatic rings. The van der Waals surface area contributed by atoms with Gasteiger partial charge in [0.15, 0.2) is 0 Å². The van der Waals surface area contributed by atoms with Crippen LogP contribution in [0.25, 0.3) is 10.8 Å². The Balaban J connectivity index is 1.65. The van der Waals surface area contributed by atoms with Crippen LogP contribution in [0.15, 0.2) is 36.4 Å². The van der Waals surface area contributed by atoms with Gasteiger partial charge in [-0.3, -0.25) is 4.79 Å². The molecule has 6 heteroatoms. The number of rotatable bonds is 2. The first-order chi connectivity index (χ1) is 13.2. The number of nitrogens with zero attached hydrogens (tertiary/aromatic N) is 1. The Morgan fingerprint density at radius 1 is 1.11 bits per heavy atom. The molecule has 0 saturated carbocycles. The van der Waals surface area contributed by atoms with E-state index < -0.39 is 7.12 Å². The highest BCUT2D eigenvalue weighted by Crippen LogP contribution is 2.37. The summed E-state index contributed by atoms with van der Waals surface area (Å²) in [7, 11) is -0.421. The quantitative estimate of drug-likeness (QED) is 0.751. The van der Waals surface area contributed by atoms with Crippen molar-refractivity contribution in [2.45, 2.75) is 51.9 Å². The van der Waals surface area contributed by atoms with Crippen molar-refractivity contribution in [2.75, 3.05) is 19.7 Å². The lowest BCUT2D eigenvalue weighted by Crippen LogP contribution is -2.44. The van der Waals surface area contributed by atoms with Gasteiger partial charge >= 0.3 is 7.12 Å². The molecule has 2 aliphatic rings. The summed E-state index contributed by atoms with van der Waals surface area (Å²) in [6.45, 7) is 12.1. The molecule has 0 aromatic heterocycles. The third-order valence-electron chi connectivity index (χ3n) is 6.20. The van der Waals surface area contributed by atoms with Gasteiger partial charge < -0.3 is 18.9 Å². The first-order valence-electron chi connectivity index (χ1n) is 9.97. The van der Waals surface area contributed by atoms with E-state index in [0.717, 1.165) is 16.2 Å². The summed E-state index contributed by atoms with van der Waals surface area (Å²) in [6, 6.07) is 11.9. The van der Waals surface area contributed by atoms with Gasteiger partial charge in [0.1, 0.15) is 0 Å². The third-order valence-corrected chi connectivity index (χ3v) is 6.20. The van der Waals surface area contributed by atoms with Gasteiger partial charge in [-0.1, -0.05) is 24.3 Å². The summed E-state index contributed by atoms with van der Waals surface area (Å²) in [5.41, 5.74) is 0.925. The number of hydrogen-bond donors (Lipinski definition) is 0.